The van der Waals surface area contributed by atoms with Gasteiger partial charge in [-0.1, -0.05) is 52.0 Å². The lowest BCUT2D eigenvalue weighted by Crippen LogP contribution is -2.57. The zero-order chi connectivity index (χ0) is 34.2. The number of nitrogens with zero attached hydrogens (tertiary/aromatic N) is 2. The third-order valence-electron chi connectivity index (χ3n) is 7.65. The smallest absolute Gasteiger partial charge is 0.246 e. The number of nitrogens with one attached hydrogen (secondary N) is 2. The van der Waals surface area contributed by atoms with E-state index in [4.69, 9.17) is 18.9 Å². The van der Waals surface area contributed by atoms with Crippen LogP contribution in [-0.4, -0.2) is 110 Å². The minimum atomic E-state index is -0.894. The fourth-order valence-electron chi connectivity index (χ4n) is 5.08. The fraction of sp³-hybridized carbons (Fsp3) is 0.647. The molecule has 1 aromatic heterocycles. The van der Waals surface area contributed by atoms with E-state index in [-0.39, 0.29) is 44.4 Å². The van der Waals surface area contributed by atoms with Gasteiger partial charge in [0, 0.05) is 32.5 Å². The van der Waals surface area contributed by atoms with E-state index in [1.807, 2.05) is 57.5 Å². The number of likely N-dealkylation sites (tertiary alicyclic amines) is 1. The van der Waals surface area contributed by atoms with Gasteiger partial charge in [-0.3, -0.25) is 14.4 Å². The number of aromatic nitrogens is 1. The molecule has 262 valence electrons. The Balaban J connectivity index is 1.42. The van der Waals surface area contributed by atoms with Gasteiger partial charge < -0.3 is 39.6 Å². The molecule has 1 aromatic carbocycles. The van der Waals surface area contributed by atoms with E-state index < -0.39 is 29.5 Å². The first-order valence-corrected chi connectivity index (χ1v) is 17.2. The van der Waals surface area contributed by atoms with Crippen LogP contribution in [-0.2, 0) is 39.9 Å². The Labute approximate surface area is 282 Å². The molecule has 3 amide bonds. The molecular formula is C34H52N4O8S. The zero-order valence-electron chi connectivity index (χ0n) is 28.4. The lowest BCUT2D eigenvalue weighted by Gasteiger charge is -2.35. The highest BCUT2D eigenvalue weighted by molar-refractivity contribution is 7.13. The van der Waals surface area contributed by atoms with Crippen LogP contribution in [0.4, 0.5) is 0 Å². The number of aliphatic hydroxyl groups is 1. The quantitative estimate of drug-likeness (QED) is 0.180. The topological polar surface area (TPSA) is 149 Å². The number of ether oxygens (including phenoxy) is 4. The Kier molecular flexibility index (Phi) is 16.2. The van der Waals surface area contributed by atoms with E-state index in [9.17, 15) is 19.5 Å². The van der Waals surface area contributed by atoms with E-state index in [1.165, 1.54) is 4.90 Å². The van der Waals surface area contributed by atoms with Gasteiger partial charge in [-0.15, -0.1) is 11.3 Å². The van der Waals surface area contributed by atoms with Crippen molar-refractivity contribution in [2.24, 2.45) is 5.41 Å². The molecule has 1 aliphatic rings. The lowest BCUT2D eigenvalue weighted by atomic mass is 9.85. The molecule has 3 atom stereocenters. The molecule has 0 spiro atoms. The summed E-state index contributed by atoms with van der Waals surface area (Å²) in [6.07, 6.45) is 0.336. The molecule has 12 nitrogen and oxygen atoms in total. The first-order chi connectivity index (χ1) is 22.5. The lowest BCUT2D eigenvalue weighted by molar-refractivity contribution is -0.144. The molecule has 1 fully saturated rings. The number of rotatable bonds is 20. The molecular weight excluding hydrogens is 624 g/mol. The number of hydrogen-bond acceptors (Lipinski definition) is 10. The van der Waals surface area contributed by atoms with E-state index >= 15 is 0 Å². The molecule has 3 N–H and O–H groups in total. The van der Waals surface area contributed by atoms with Crippen molar-refractivity contribution in [3.63, 3.8) is 0 Å². The number of benzene rings is 1. The van der Waals surface area contributed by atoms with Crippen LogP contribution in [0.15, 0.2) is 29.8 Å². The highest BCUT2D eigenvalue weighted by Crippen LogP contribution is 2.28. The van der Waals surface area contributed by atoms with Crippen molar-refractivity contribution in [3.8, 4) is 10.4 Å². The van der Waals surface area contributed by atoms with Crippen molar-refractivity contribution >= 4 is 29.1 Å². The summed E-state index contributed by atoms with van der Waals surface area (Å²) >= 11 is 1.58. The molecule has 13 heteroatoms. The molecule has 0 saturated carbocycles. The number of carbonyl (C=O) groups excluding carboxylic acids is 3. The van der Waals surface area contributed by atoms with Crippen molar-refractivity contribution in [1.29, 1.82) is 0 Å². The van der Waals surface area contributed by atoms with Crippen LogP contribution in [0.3, 0.4) is 0 Å². The van der Waals surface area contributed by atoms with E-state index in [1.54, 1.807) is 11.3 Å². The van der Waals surface area contributed by atoms with E-state index in [0.29, 0.717) is 39.6 Å². The van der Waals surface area contributed by atoms with Crippen molar-refractivity contribution in [2.75, 3.05) is 59.4 Å². The van der Waals surface area contributed by atoms with Crippen LogP contribution in [0.5, 0.6) is 0 Å². The van der Waals surface area contributed by atoms with Crippen LogP contribution in [0.2, 0.25) is 0 Å². The normalized spacial score (nSPS) is 17.1. The average Bonchev–Trinajstić information content (AvgIpc) is 3.65. The second-order valence-corrected chi connectivity index (χ2v) is 13.5. The molecule has 2 heterocycles. The Morgan fingerprint density at radius 3 is 2.13 bits per heavy atom. The van der Waals surface area contributed by atoms with Crippen molar-refractivity contribution in [2.45, 2.75) is 78.6 Å². The molecule has 0 bridgehead atoms. The summed E-state index contributed by atoms with van der Waals surface area (Å²) in [5.74, 6) is -1.09. The Morgan fingerprint density at radius 2 is 1.57 bits per heavy atom. The van der Waals surface area contributed by atoms with Gasteiger partial charge in [-0.05, 0) is 29.9 Å². The fourth-order valence-corrected chi connectivity index (χ4v) is 5.90. The van der Waals surface area contributed by atoms with Crippen LogP contribution in [0.1, 0.15) is 58.2 Å². The summed E-state index contributed by atoms with van der Waals surface area (Å²) in [6.45, 7) is 13.5. The molecule has 47 heavy (non-hydrogen) atoms. The van der Waals surface area contributed by atoms with Crippen LogP contribution in [0, 0.1) is 12.3 Å². The molecule has 1 aliphatic heterocycles. The van der Waals surface area contributed by atoms with Gasteiger partial charge in [-0.25, -0.2) is 4.98 Å². The average molecular weight is 677 g/mol. The SMILES string of the molecule is CCCOCCOCCOCCOCCC(=O)N[C@H](C(=O)N1C[C@H](O)C[C@H]1C(=O)NCc1ccc(-c2scnc2C)cc1)C(C)(C)C. The number of aliphatic hydroxyl groups excluding tert-OH is 1. The zero-order valence-corrected chi connectivity index (χ0v) is 29.2. The molecule has 0 unspecified atom stereocenters. The Morgan fingerprint density at radius 1 is 0.979 bits per heavy atom. The van der Waals surface area contributed by atoms with Crippen molar-refractivity contribution in [1.82, 2.24) is 20.5 Å². The summed E-state index contributed by atoms with van der Waals surface area (Å²) < 4.78 is 21.8. The van der Waals surface area contributed by atoms with Crippen molar-refractivity contribution in [3.05, 3.63) is 41.0 Å². The van der Waals surface area contributed by atoms with E-state index in [0.717, 1.165) is 34.7 Å². The summed E-state index contributed by atoms with van der Waals surface area (Å²) in [7, 11) is 0. The molecule has 0 aliphatic carbocycles. The second-order valence-electron chi connectivity index (χ2n) is 12.6. The molecule has 3 rings (SSSR count). The third-order valence-corrected chi connectivity index (χ3v) is 8.63. The maximum atomic E-state index is 13.8. The Bertz CT molecular complexity index is 1250. The maximum absolute atomic E-state index is 13.8. The van der Waals surface area contributed by atoms with Crippen LogP contribution >= 0.6 is 11.3 Å². The van der Waals surface area contributed by atoms with Gasteiger partial charge >= 0.3 is 0 Å². The van der Waals surface area contributed by atoms with E-state index in [2.05, 4.69) is 22.5 Å². The number of carbonyl (C=O) groups is 3. The first kappa shape index (κ1) is 38.5. The number of hydrogen-bond donors (Lipinski definition) is 3. The van der Waals surface area contributed by atoms with Gasteiger partial charge in [0.05, 0.1) is 68.4 Å². The second kappa shape index (κ2) is 19.8. The van der Waals surface area contributed by atoms with Crippen molar-refractivity contribution < 1.29 is 38.4 Å². The Hall–Kier alpha value is -2.94. The van der Waals surface area contributed by atoms with Crippen LogP contribution in [0.25, 0.3) is 10.4 Å². The summed E-state index contributed by atoms with van der Waals surface area (Å²) in [4.78, 5) is 46.7. The largest absolute Gasteiger partial charge is 0.391 e. The third kappa shape index (κ3) is 12.9. The highest BCUT2D eigenvalue weighted by atomic mass is 32.1. The van der Waals surface area contributed by atoms with Gasteiger partial charge in [-0.2, -0.15) is 0 Å². The maximum Gasteiger partial charge on any atom is 0.246 e. The number of thiazole rings is 1. The number of amides is 3. The highest BCUT2D eigenvalue weighted by Gasteiger charge is 2.44. The number of aryl methyl sites for hydroxylation is 1. The van der Waals surface area contributed by atoms with Gasteiger partial charge in [0.15, 0.2) is 0 Å². The van der Waals surface area contributed by atoms with Gasteiger partial charge in [0.25, 0.3) is 0 Å². The van der Waals surface area contributed by atoms with Crippen LogP contribution < -0.4 is 10.6 Å². The summed E-state index contributed by atoms with van der Waals surface area (Å²) in [6, 6.07) is 6.15. The predicted molar refractivity (Wildman–Crippen MR) is 180 cm³/mol. The molecule has 2 aromatic rings. The monoisotopic (exact) mass is 676 g/mol. The predicted octanol–water partition coefficient (Wildman–Crippen LogP) is 3.09. The van der Waals surface area contributed by atoms with Gasteiger partial charge in [0.1, 0.15) is 12.1 Å². The first-order valence-electron chi connectivity index (χ1n) is 16.4. The number of β-amino-alcohol motifs (C(OH)–C–C–N with tert-alkyl or cyclic N) is 1. The summed E-state index contributed by atoms with van der Waals surface area (Å²) in [5.41, 5.74) is 4.12. The minimum absolute atomic E-state index is 0.0169. The van der Waals surface area contributed by atoms with Gasteiger partial charge in [0.2, 0.25) is 17.7 Å². The standard InChI is InChI=1S/C34H52N4O8S/c1-6-12-43-14-16-45-18-19-46-17-15-44-13-11-29(40)37-31(34(3,4)5)33(42)38-22-27(39)20-28(38)32(41)35-21-25-7-9-26(10-8-25)30-24(2)36-23-47-30/h7-10,23,27-28,31,39H,6,11-22H2,1-5H3,(H,35,41)(H,37,40)/t27-,28+,31-/m1/s1. The minimum Gasteiger partial charge on any atom is -0.391 e. The molecule has 1 saturated heterocycles. The summed E-state index contributed by atoms with van der Waals surface area (Å²) in [5, 5.41) is 16.2. The molecule has 0 radical (unpaired) electrons.